The summed E-state index contributed by atoms with van der Waals surface area (Å²) in [7, 11) is 1.76. The van der Waals surface area contributed by atoms with E-state index in [-0.39, 0.29) is 23.8 Å². The number of amides is 4. The molecule has 1 saturated heterocycles. The van der Waals surface area contributed by atoms with Gasteiger partial charge in [0.05, 0.1) is 12.1 Å². The van der Waals surface area contributed by atoms with Gasteiger partial charge in [0, 0.05) is 44.7 Å². The van der Waals surface area contributed by atoms with Crippen molar-refractivity contribution in [3.63, 3.8) is 0 Å². The molecule has 3 unspecified atom stereocenters. The zero-order chi connectivity index (χ0) is 20.1. The SMILES string of the molecule is CN1CCN(CCNC(=O)C2CCC(O)C(NC(=O)c3ccccc3)C2)C1=O. The van der Waals surface area contributed by atoms with Crippen LogP contribution in [0.3, 0.4) is 0 Å². The topological polar surface area (TPSA) is 102 Å². The molecule has 1 aliphatic heterocycles. The van der Waals surface area contributed by atoms with Gasteiger partial charge in [-0.25, -0.2) is 4.79 Å². The minimum Gasteiger partial charge on any atom is -0.391 e. The Hall–Kier alpha value is -2.61. The van der Waals surface area contributed by atoms with Gasteiger partial charge in [-0.15, -0.1) is 0 Å². The van der Waals surface area contributed by atoms with E-state index in [2.05, 4.69) is 10.6 Å². The van der Waals surface area contributed by atoms with E-state index in [4.69, 9.17) is 0 Å². The van der Waals surface area contributed by atoms with Crippen LogP contribution in [-0.4, -0.2) is 78.1 Å². The summed E-state index contributed by atoms with van der Waals surface area (Å²) in [6.45, 7) is 2.27. The molecule has 4 amide bonds. The Balaban J connectivity index is 1.47. The van der Waals surface area contributed by atoms with Gasteiger partial charge in [0.1, 0.15) is 0 Å². The molecule has 2 fully saturated rings. The average molecular weight is 388 g/mol. The molecule has 3 N–H and O–H groups in total. The summed E-state index contributed by atoms with van der Waals surface area (Å²) in [5.74, 6) is -0.602. The number of carbonyl (C=O) groups excluding carboxylic acids is 3. The van der Waals surface area contributed by atoms with Gasteiger partial charge in [0.15, 0.2) is 0 Å². The molecule has 2 aliphatic rings. The van der Waals surface area contributed by atoms with Gasteiger partial charge in [-0.2, -0.15) is 0 Å². The van der Waals surface area contributed by atoms with Crippen molar-refractivity contribution in [2.45, 2.75) is 31.4 Å². The van der Waals surface area contributed by atoms with E-state index in [9.17, 15) is 19.5 Å². The first-order valence-electron chi connectivity index (χ1n) is 9.77. The lowest BCUT2D eigenvalue weighted by atomic mass is 9.83. The van der Waals surface area contributed by atoms with Crippen molar-refractivity contribution in [2.24, 2.45) is 5.92 Å². The smallest absolute Gasteiger partial charge is 0.319 e. The molecule has 1 aliphatic carbocycles. The second-order valence-electron chi connectivity index (χ2n) is 7.51. The zero-order valence-electron chi connectivity index (χ0n) is 16.1. The maximum absolute atomic E-state index is 12.5. The fraction of sp³-hybridized carbons (Fsp3) is 0.550. The Bertz CT molecular complexity index is 711. The van der Waals surface area contributed by atoms with E-state index in [1.54, 1.807) is 41.1 Å². The van der Waals surface area contributed by atoms with Gasteiger partial charge in [0.25, 0.3) is 5.91 Å². The van der Waals surface area contributed by atoms with Crippen molar-refractivity contribution in [3.05, 3.63) is 35.9 Å². The molecule has 0 spiro atoms. The lowest BCUT2D eigenvalue weighted by Gasteiger charge is -2.33. The lowest BCUT2D eigenvalue weighted by Crippen LogP contribution is -2.50. The van der Waals surface area contributed by atoms with E-state index >= 15 is 0 Å². The summed E-state index contributed by atoms with van der Waals surface area (Å²) in [6, 6.07) is 8.36. The molecule has 1 saturated carbocycles. The summed E-state index contributed by atoms with van der Waals surface area (Å²) in [5, 5.41) is 16.0. The quantitative estimate of drug-likeness (QED) is 0.658. The third kappa shape index (κ3) is 4.81. The Morgan fingerprint density at radius 1 is 1.18 bits per heavy atom. The molecule has 152 valence electrons. The van der Waals surface area contributed by atoms with Crippen molar-refractivity contribution in [2.75, 3.05) is 33.2 Å². The Labute approximate surface area is 164 Å². The molecular weight excluding hydrogens is 360 g/mol. The Morgan fingerprint density at radius 3 is 2.61 bits per heavy atom. The third-order valence-corrected chi connectivity index (χ3v) is 5.52. The third-order valence-electron chi connectivity index (χ3n) is 5.52. The molecule has 8 heteroatoms. The number of hydrogen-bond donors (Lipinski definition) is 3. The van der Waals surface area contributed by atoms with Crippen molar-refractivity contribution < 1.29 is 19.5 Å². The monoisotopic (exact) mass is 388 g/mol. The molecule has 28 heavy (non-hydrogen) atoms. The van der Waals surface area contributed by atoms with Crippen LogP contribution >= 0.6 is 0 Å². The van der Waals surface area contributed by atoms with E-state index < -0.39 is 12.1 Å². The van der Waals surface area contributed by atoms with E-state index in [0.717, 1.165) is 0 Å². The molecule has 1 heterocycles. The van der Waals surface area contributed by atoms with Crippen LogP contribution in [0.4, 0.5) is 4.79 Å². The van der Waals surface area contributed by atoms with Crippen LogP contribution in [-0.2, 0) is 4.79 Å². The fourth-order valence-corrected chi connectivity index (χ4v) is 3.76. The second-order valence-corrected chi connectivity index (χ2v) is 7.51. The van der Waals surface area contributed by atoms with Crippen LogP contribution in [0.25, 0.3) is 0 Å². The number of carbonyl (C=O) groups is 3. The number of aliphatic hydroxyl groups excluding tert-OH is 1. The number of likely N-dealkylation sites (N-methyl/N-ethyl adjacent to an activating group) is 1. The van der Waals surface area contributed by atoms with Crippen molar-refractivity contribution >= 4 is 17.8 Å². The highest BCUT2D eigenvalue weighted by Gasteiger charge is 2.34. The predicted octanol–water partition coefficient (Wildman–Crippen LogP) is 0.430. The number of urea groups is 1. The van der Waals surface area contributed by atoms with Crippen molar-refractivity contribution in [1.82, 2.24) is 20.4 Å². The highest BCUT2D eigenvalue weighted by molar-refractivity contribution is 5.94. The molecule has 8 nitrogen and oxygen atoms in total. The van der Waals surface area contributed by atoms with Gasteiger partial charge in [0.2, 0.25) is 5.91 Å². The normalized spacial score (nSPS) is 24.9. The number of benzene rings is 1. The number of nitrogens with zero attached hydrogens (tertiary/aromatic N) is 2. The molecule has 3 atom stereocenters. The molecule has 1 aromatic rings. The minimum atomic E-state index is -0.658. The standard InChI is InChI=1S/C20H28N4O4/c1-23-11-12-24(20(23)28)10-9-21-18(26)15-7-8-17(25)16(13-15)22-19(27)14-5-3-2-4-6-14/h2-6,15-17,25H,7-13H2,1H3,(H,21,26)(H,22,27). The first-order chi connectivity index (χ1) is 13.5. The lowest BCUT2D eigenvalue weighted by molar-refractivity contribution is -0.127. The fourth-order valence-electron chi connectivity index (χ4n) is 3.76. The number of rotatable bonds is 6. The van der Waals surface area contributed by atoms with Crippen LogP contribution in [0.5, 0.6) is 0 Å². The van der Waals surface area contributed by atoms with Gasteiger partial charge >= 0.3 is 6.03 Å². The predicted molar refractivity (Wildman–Crippen MR) is 104 cm³/mol. The van der Waals surface area contributed by atoms with E-state index in [0.29, 0.717) is 51.0 Å². The van der Waals surface area contributed by atoms with E-state index in [1.165, 1.54) is 0 Å². The largest absolute Gasteiger partial charge is 0.391 e. The first-order valence-corrected chi connectivity index (χ1v) is 9.77. The molecule has 1 aromatic carbocycles. The Morgan fingerprint density at radius 2 is 1.93 bits per heavy atom. The number of hydrogen-bond acceptors (Lipinski definition) is 4. The average Bonchev–Trinajstić information content (AvgIpc) is 3.02. The van der Waals surface area contributed by atoms with Crippen LogP contribution in [0.2, 0.25) is 0 Å². The van der Waals surface area contributed by atoms with Crippen LogP contribution < -0.4 is 10.6 Å². The van der Waals surface area contributed by atoms with E-state index in [1.807, 2.05) is 6.07 Å². The van der Waals surface area contributed by atoms with Gasteiger partial charge in [-0.3, -0.25) is 9.59 Å². The summed E-state index contributed by atoms with van der Waals surface area (Å²) < 4.78 is 0. The highest BCUT2D eigenvalue weighted by Crippen LogP contribution is 2.25. The summed E-state index contributed by atoms with van der Waals surface area (Å²) in [6.07, 6.45) is 0.787. The summed E-state index contributed by atoms with van der Waals surface area (Å²) in [5.41, 5.74) is 0.529. The number of nitrogens with one attached hydrogen (secondary N) is 2. The molecule has 0 radical (unpaired) electrons. The van der Waals surface area contributed by atoms with Gasteiger partial charge in [-0.05, 0) is 31.4 Å². The Kier molecular flexibility index (Phi) is 6.51. The van der Waals surface area contributed by atoms with Crippen molar-refractivity contribution in [3.8, 4) is 0 Å². The summed E-state index contributed by atoms with van der Waals surface area (Å²) in [4.78, 5) is 40.1. The first kappa shape index (κ1) is 20.1. The van der Waals surface area contributed by atoms with Crippen LogP contribution in [0, 0.1) is 5.92 Å². The highest BCUT2D eigenvalue weighted by atomic mass is 16.3. The summed E-state index contributed by atoms with van der Waals surface area (Å²) >= 11 is 0. The zero-order valence-corrected chi connectivity index (χ0v) is 16.1. The van der Waals surface area contributed by atoms with Gasteiger partial charge < -0.3 is 25.5 Å². The molecular formula is C20H28N4O4. The maximum atomic E-state index is 12.5. The van der Waals surface area contributed by atoms with Crippen LogP contribution in [0.15, 0.2) is 30.3 Å². The maximum Gasteiger partial charge on any atom is 0.319 e. The molecule has 3 rings (SSSR count). The van der Waals surface area contributed by atoms with Crippen LogP contribution in [0.1, 0.15) is 29.6 Å². The van der Waals surface area contributed by atoms with Crippen molar-refractivity contribution in [1.29, 1.82) is 0 Å². The molecule has 0 aromatic heterocycles. The van der Waals surface area contributed by atoms with Gasteiger partial charge in [-0.1, -0.05) is 18.2 Å². The minimum absolute atomic E-state index is 0.0151. The number of aliphatic hydroxyl groups is 1. The molecule has 0 bridgehead atoms. The second kappa shape index (κ2) is 9.05.